The molecule has 0 radical (unpaired) electrons. The van der Waals surface area contributed by atoms with Gasteiger partial charge in [-0.2, -0.15) is 4.31 Å². The lowest BCUT2D eigenvalue weighted by molar-refractivity contribution is -0.130. The molecule has 0 bridgehead atoms. The predicted molar refractivity (Wildman–Crippen MR) is 113 cm³/mol. The van der Waals surface area contributed by atoms with Gasteiger partial charge in [0.25, 0.3) is 5.91 Å². The second kappa shape index (κ2) is 9.92. The fraction of sp³-hybridized carbons (Fsp3) is 0.636. The number of carbonyl (C=O) groups is 2. The largest absolute Gasteiger partial charge is 0.449 e. The first-order valence-electron chi connectivity index (χ1n) is 10.9. The molecule has 0 aromatic heterocycles. The van der Waals surface area contributed by atoms with Crippen molar-refractivity contribution < 1.29 is 22.7 Å². The Balaban J connectivity index is 1.63. The molecule has 166 valence electrons. The van der Waals surface area contributed by atoms with Crippen LogP contribution in [-0.2, 0) is 19.6 Å². The highest BCUT2D eigenvalue weighted by atomic mass is 32.2. The molecule has 3 rings (SSSR count). The van der Waals surface area contributed by atoms with Crippen molar-refractivity contribution in [2.45, 2.75) is 75.8 Å². The van der Waals surface area contributed by atoms with Crippen LogP contribution in [0.15, 0.2) is 29.2 Å². The Morgan fingerprint density at radius 1 is 1.10 bits per heavy atom. The topological polar surface area (TPSA) is 92.8 Å². The highest BCUT2D eigenvalue weighted by Crippen LogP contribution is 2.24. The van der Waals surface area contributed by atoms with Crippen LogP contribution in [0.5, 0.6) is 0 Å². The number of ether oxygens (including phenoxy) is 1. The van der Waals surface area contributed by atoms with E-state index >= 15 is 0 Å². The summed E-state index contributed by atoms with van der Waals surface area (Å²) in [4.78, 5) is 25.1. The van der Waals surface area contributed by atoms with Gasteiger partial charge in [0, 0.05) is 19.1 Å². The first-order chi connectivity index (χ1) is 14.3. The zero-order valence-corrected chi connectivity index (χ0v) is 18.6. The van der Waals surface area contributed by atoms with E-state index in [-0.39, 0.29) is 22.4 Å². The van der Waals surface area contributed by atoms with Gasteiger partial charge < -0.3 is 10.1 Å². The third-order valence-electron chi connectivity index (χ3n) is 6.11. The van der Waals surface area contributed by atoms with Gasteiger partial charge in [0.15, 0.2) is 6.10 Å². The number of hydrogen-bond acceptors (Lipinski definition) is 5. The quantitative estimate of drug-likeness (QED) is 0.692. The van der Waals surface area contributed by atoms with E-state index in [4.69, 9.17) is 4.74 Å². The molecule has 30 heavy (non-hydrogen) atoms. The molecule has 1 N–H and O–H groups in total. The Hall–Kier alpha value is -1.93. The third-order valence-corrected chi connectivity index (χ3v) is 8.01. The van der Waals surface area contributed by atoms with Gasteiger partial charge >= 0.3 is 5.97 Å². The zero-order valence-electron chi connectivity index (χ0n) is 17.8. The summed E-state index contributed by atoms with van der Waals surface area (Å²) in [6.45, 7) is 4.64. The van der Waals surface area contributed by atoms with Crippen molar-refractivity contribution in [2.24, 2.45) is 5.92 Å². The number of nitrogens with one attached hydrogen (secondary N) is 1. The Bertz CT molecular complexity index is 864. The summed E-state index contributed by atoms with van der Waals surface area (Å²) < 4.78 is 32.5. The molecule has 1 heterocycles. The van der Waals surface area contributed by atoms with Crippen LogP contribution in [0.2, 0.25) is 0 Å². The predicted octanol–water partition coefficient (Wildman–Crippen LogP) is 3.10. The molecule has 0 spiro atoms. The molecule has 1 aromatic carbocycles. The molecule has 1 saturated heterocycles. The van der Waals surface area contributed by atoms with Gasteiger partial charge in [-0.3, -0.25) is 4.79 Å². The van der Waals surface area contributed by atoms with Gasteiger partial charge in [0.05, 0.1) is 10.5 Å². The fourth-order valence-corrected chi connectivity index (χ4v) is 5.71. The van der Waals surface area contributed by atoms with Crippen molar-refractivity contribution in [2.75, 3.05) is 13.1 Å². The van der Waals surface area contributed by atoms with Crippen LogP contribution >= 0.6 is 0 Å². The monoisotopic (exact) mass is 436 g/mol. The summed E-state index contributed by atoms with van der Waals surface area (Å²) in [5.74, 6) is -0.619. The smallest absolute Gasteiger partial charge is 0.338 e. The van der Waals surface area contributed by atoms with E-state index in [9.17, 15) is 18.0 Å². The first kappa shape index (κ1) is 22.7. The zero-order chi connectivity index (χ0) is 21.7. The Labute approximate surface area is 179 Å². The van der Waals surface area contributed by atoms with E-state index in [1.165, 1.54) is 41.9 Å². The van der Waals surface area contributed by atoms with E-state index < -0.39 is 22.1 Å². The maximum Gasteiger partial charge on any atom is 0.338 e. The summed E-state index contributed by atoms with van der Waals surface area (Å²) >= 11 is 0. The summed E-state index contributed by atoms with van der Waals surface area (Å²) in [5.41, 5.74) is 0.124. The van der Waals surface area contributed by atoms with Gasteiger partial charge in [-0.1, -0.05) is 32.3 Å². The second-order valence-electron chi connectivity index (χ2n) is 8.42. The molecule has 7 nitrogen and oxygen atoms in total. The molecular formula is C22H32N2O5S. The van der Waals surface area contributed by atoms with Crippen LogP contribution in [0.25, 0.3) is 0 Å². The van der Waals surface area contributed by atoms with Crippen LogP contribution in [0.4, 0.5) is 0 Å². The Morgan fingerprint density at radius 2 is 1.80 bits per heavy atom. The normalized spacial score (nSPS) is 24.1. The highest BCUT2D eigenvalue weighted by molar-refractivity contribution is 7.89. The lowest BCUT2D eigenvalue weighted by Gasteiger charge is -2.30. The van der Waals surface area contributed by atoms with Crippen molar-refractivity contribution in [1.29, 1.82) is 0 Å². The van der Waals surface area contributed by atoms with E-state index in [0.29, 0.717) is 19.0 Å². The van der Waals surface area contributed by atoms with E-state index in [1.807, 2.05) is 0 Å². The Kier molecular flexibility index (Phi) is 7.52. The lowest BCUT2D eigenvalue weighted by Crippen LogP contribution is -2.46. The minimum Gasteiger partial charge on any atom is -0.449 e. The standard InChI is InChI=1S/C22H32N2O5S/c1-16-9-4-5-12-20(16)23-21(25)17(2)29-22(26)18-10-8-11-19(15-18)30(27,28)24-13-6-3-7-14-24/h8,10-11,15-17,20H,3-7,9,12-14H2,1-2H3,(H,23,25)/t16-,17+,20+/m1/s1. The minimum absolute atomic E-state index is 0.0759. The Morgan fingerprint density at radius 3 is 2.50 bits per heavy atom. The number of rotatable bonds is 6. The maximum absolute atomic E-state index is 12.9. The molecule has 1 aromatic rings. The van der Waals surface area contributed by atoms with E-state index in [0.717, 1.165) is 38.5 Å². The highest BCUT2D eigenvalue weighted by Gasteiger charge is 2.28. The molecule has 2 fully saturated rings. The van der Waals surface area contributed by atoms with Gasteiger partial charge in [0.2, 0.25) is 10.0 Å². The van der Waals surface area contributed by atoms with Gasteiger partial charge in [-0.15, -0.1) is 0 Å². The number of sulfonamides is 1. The number of esters is 1. The first-order valence-corrected chi connectivity index (χ1v) is 12.3. The molecule has 1 amide bonds. The van der Waals surface area contributed by atoms with Gasteiger partial charge in [0.1, 0.15) is 0 Å². The lowest BCUT2D eigenvalue weighted by atomic mass is 9.86. The molecule has 3 atom stereocenters. The van der Waals surface area contributed by atoms with Crippen LogP contribution in [0.3, 0.4) is 0 Å². The number of benzene rings is 1. The number of amides is 1. The van der Waals surface area contributed by atoms with Crippen LogP contribution in [0, 0.1) is 5.92 Å². The van der Waals surface area contributed by atoms with Crippen molar-refractivity contribution in [3.05, 3.63) is 29.8 Å². The number of carbonyl (C=O) groups excluding carboxylic acids is 2. The molecule has 0 unspecified atom stereocenters. The third kappa shape index (κ3) is 5.40. The minimum atomic E-state index is -3.64. The second-order valence-corrected chi connectivity index (χ2v) is 10.4. The van der Waals surface area contributed by atoms with Gasteiger partial charge in [-0.05, 0) is 56.7 Å². The SMILES string of the molecule is C[C@H](OC(=O)c1cccc(S(=O)(=O)N2CCCCC2)c1)C(=O)N[C@H]1CCCC[C@H]1C. The average Bonchev–Trinajstić information content (AvgIpc) is 2.76. The summed E-state index contributed by atoms with van der Waals surface area (Å²) in [5, 5.41) is 2.99. The molecular weight excluding hydrogens is 404 g/mol. The van der Waals surface area contributed by atoms with Gasteiger partial charge in [-0.25, -0.2) is 13.2 Å². The molecule has 1 saturated carbocycles. The fourth-order valence-electron chi connectivity index (χ4n) is 4.15. The molecule has 1 aliphatic carbocycles. The average molecular weight is 437 g/mol. The maximum atomic E-state index is 12.9. The molecule has 1 aliphatic heterocycles. The summed E-state index contributed by atoms with van der Waals surface area (Å²) in [6, 6.07) is 5.96. The van der Waals surface area contributed by atoms with Crippen LogP contribution < -0.4 is 5.32 Å². The van der Waals surface area contributed by atoms with Crippen LogP contribution in [0.1, 0.15) is 69.2 Å². The number of hydrogen-bond donors (Lipinski definition) is 1. The van der Waals surface area contributed by atoms with Crippen molar-refractivity contribution in [3.63, 3.8) is 0 Å². The summed E-state index contributed by atoms with van der Waals surface area (Å²) in [7, 11) is -3.64. The van der Waals surface area contributed by atoms with Crippen molar-refractivity contribution in [3.8, 4) is 0 Å². The number of nitrogens with zero attached hydrogens (tertiary/aromatic N) is 1. The number of piperidine rings is 1. The van der Waals surface area contributed by atoms with Crippen LogP contribution in [-0.4, -0.2) is 49.8 Å². The summed E-state index contributed by atoms with van der Waals surface area (Å²) in [6.07, 6.45) is 6.03. The van der Waals surface area contributed by atoms with Crippen molar-refractivity contribution in [1.82, 2.24) is 9.62 Å². The molecule has 2 aliphatic rings. The van der Waals surface area contributed by atoms with E-state index in [2.05, 4.69) is 12.2 Å². The van der Waals surface area contributed by atoms with E-state index in [1.54, 1.807) is 0 Å². The molecule has 8 heteroatoms. The van der Waals surface area contributed by atoms with Crippen molar-refractivity contribution >= 4 is 21.9 Å².